The fourth-order valence-electron chi connectivity index (χ4n) is 1.97. The van der Waals surface area contributed by atoms with Crippen molar-refractivity contribution < 1.29 is 5.11 Å². The molecule has 0 aromatic carbocycles. The van der Waals surface area contributed by atoms with Crippen molar-refractivity contribution in [3.8, 4) is 6.07 Å². The van der Waals surface area contributed by atoms with Crippen molar-refractivity contribution >= 4 is 5.82 Å². The van der Waals surface area contributed by atoms with E-state index in [1.807, 2.05) is 11.8 Å². The lowest BCUT2D eigenvalue weighted by Gasteiger charge is -2.35. The number of aliphatic hydroxyl groups is 1. The Bertz CT molecular complexity index is 415. The molecule has 1 fully saturated rings. The van der Waals surface area contributed by atoms with Gasteiger partial charge in [-0.3, -0.25) is 0 Å². The second kappa shape index (κ2) is 4.45. The summed E-state index contributed by atoms with van der Waals surface area (Å²) in [7, 11) is 0. The molecule has 2 unspecified atom stereocenters. The molecule has 0 bridgehead atoms. The van der Waals surface area contributed by atoms with E-state index in [0.717, 1.165) is 6.54 Å². The maximum absolute atomic E-state index is 9.64. The third-order valence-corrected chi connectivity index (χ3v) is 2.98. The van der Waals surface area contributed by atoms with Gasteiger partial charge in [0, 0.05) is 13.1 Å². The molecule has 0 spiro atoms. The molecule has 1 aromatic rings. The first kappa shape index (κ1) is 10.8. The number of nitriles is 1. The number of anilines is 1. The molecule has 84 valence electrons. The van der Waals surface area contributed by atoms with Gasteiger partial charge in [0.1, 0.15) is 6.07 Å². The molecule has 2 atom stereocenters. The summed E-state index contributed by atoms with van der Waals surface area (Å²) in [6.45, 7) is 3.44. The minimum atomic E-state index is -0.251. The second-order valence-electron chi connectivity index (χ2n) is 4.16. The van der Waals surface area contributed by atoms with E-state index in [1.165, 1.54) is 6.20 Å². The second-order valence-corrected chi connectivity index (χ2v) is 4.16. The van der Waals surface area contributed by atoms with E-state index in [4.69, 9.17) is 5.26 Å². The van der Waals surface area contributed by atoms with Crippen LogP contribution in [0.15, 0.2) is 12.3 Å². The van der Waals surface area contributed by atoms with Crippen LogP contribution < -0.4 is 4.90 Å². The Morgan fingerprint density at radius 1 is 1.62 bits per heavy atom. The lowest BCUT2D eigenvalue weighted by molar-refractivity contribution is 0.0968. The molecule has 5 heteroatoms. The zero-order valence-corrected chi connectivity index (χ0v) is 9.17. The summed E-state index contributed by atoms with van der Waals surface area (Å²) < 4.78 is 0. The molecule has 1 aliphatic rings. The van der Waals surface area contributed by atoms with Crippen molar-refractivity contribution in [1.29, 1.82) is 5.26 Å². The first-order chi connectivity index (χ1) is 7.72. The van der Waals surface area contributed by atoms with E-state index in [9.17, 15) is 5.11 Å². The van der Waals surface area contributed by atoms with Crippen LogP contribution in [-0.4, -0.2) is 34.5 Å². The minimum Gasteiger partial charge on any atom is -0.393 e. The monoisotopic (exact) mass is 218 g/mol. The topological polar surface area (TPSA) is 73.0 Å². The minimum absolute atomic E-state index is 0.197. The lowest BCUT2D eigenvalue weighted by atomic mass is 9.96. The van der Waals surface area contributed by atoms with Gasteiger partial charge in [-0.15, -0.1) is 5.10 Å². The molecule has 2 rings (SSSR count). The molecule has 0 amide bonds. The van der Waals surface area contributed by atoms with Crippen LogP contribution in [0.4, 0.5) is 5.82 Å². The highest BCUT2D eigenvalue weighted by molar-refractivity contribution is 5.52. The van der Waals surface area contributed by atoms with Crippen LogP contribution in [0.5, 0.6) is 0 Å². The summed E-state index contributed by atoms with van der Waals surface area (Å²) in [6, 6.07) is 3.78. The van der Waals surface area contributed by atoms with Crippen LogP contribution in [0.3, 0.4) is 0 Å². The number of piperidine rings is 1. The van der Waals surface area contributed by atoms with Crippen LogP contribution in [0, 0.1) is 17.2 Å². The summed E-state index contributed by atoms with van der Waals surface area (Å²) in [5, 5.41) is 26.4. The van der Waals surface area contributed by atoms with Gasteiger partial charge in [0.25, 0.3) is 0 Å². The maximum Gasteiger partial charge on any atom is 0.169 e. The van der Waals surface area contributed by atoms with Crippen molar-refractivity contribution in [2.45, 2.75) is 19.4 Å². The number of aliphatic hydroxyl groups excluding tert-OH is 1. The van der Waals surface area contributed by atoms with Gasteiger partial charge in [0.15, 0.2) is 5.82 Å². The maximum atomic E-state index is 9.64. The van der Waals surface area contributed by atoms with Crippen molar-refractivity contribution in [1.82, 2.24) is 10.2 Å². The molecule has 0 aliphatic carbocycles. The van der Waals surface area contributed by atoms with E-state index >= 15 is 0 Å². The van der Waals surface area contributed by atoms with E-state index in [0.29, 0.717) is 24.3 Å². The predicted molar refractivity (Wildman–Crippen MR) is 58.7 cm³/mol. The van der Waals surface area contributed by atoms with E-state index in [2.05, 4.69) is 16.3 Å². The third kappa shape index (κ3) is 1.97. The highest BCUT2D eigenvalue weighted by atomic mass is 16.3. The van der Waals surface area contributed by atoms with Crippen molar-refractivity contribution in [3.63, 3.8) is 0 Å². The van der Waals surface area contributed by atoms with Gasteiger partial charge < -0.3 is 10.0 Å². The molecule has 1 aliphatic heterocycles. The van der Waals surface area contributed by atoms with Gasteiger partial charge >= 0.3 is 0 Å². The molecule has 1 aromatic heterocycles. The van der Waals surface area contributed by atoms with Gasteiger partial charge in [-0.25, -0.2) is 0 Å². The number of hydrogen-bond acceptors (Lipinski definition) is 5. The zero-order chi connectivity index (χ0) is 11.5. The normalized spacial score (nSPS) is 25.2. The van der Waals surface area contributed by atoms with E-state index in [-0.39, 0.29) is 12.0 Å². The van der Waals surface area contributed by atoms with E-state index in [1.54, 1.807) is 6.07 Å². The first-order valence-electron chi connectivity index (χ1n) is 5.37. The molecule has 16 heavy (non-hydrogen) atoms. The first-order valence-corrected chi connectivity index (χ1v) is 5.37. The fourth-order valence-corrected chi connectivity index (χ4v) is 1.97. The Hall–Kier alpha value is -1.67. The quantitative estimate of drug-likeness (QED) is 0.745. The van der Waals surface area contributed by atoms with Crippen LogP contribution >= 0.6 is 0 Å². The predicted octanol–water partition coefficient (Wildman–Crippen LogP) is 0.555. The SMILES string of the molecule is CC1CN(c2nnccc2C#N)CCC1O. The molecule has 0 saturated carbocycles. The standard InChI is InChI=1S/C11H14N4O/c1-8-7-15(5-3-10(8)16)11-9(6-12)2-4-13-14-11/h2,4,8,10,16H,3,5,7H2,1H3. The fraction of sp³-hybridized carbons (Fsp3) is 0.545. The van der Waals surface area contributed by atoms with Crippen molar-refractivity contribution in [3.05, 3.63) is 17.8 Å². The molecular weight excluding hydrogens is 204 g/mol. The number of rotatable bonds is 1. The Balaban J connectivity index is 2.22. The highest BCUT2D eigenvalue weighted by Crippen LogP contribution is 2.23. The summed E-state index contributed by atoms with van der Waals surface area (Å²) in [6.07, 6.45) is 1.98. The summed E-state index contributed by atoms with van der Waals surface area (Å²) >= 11 is 0. The van der Waals surface area contributed by atoms with Crippen LogP contribution in [-0.2, 0) is 0 Å². The van der Waals surface area contributed by atoms with Crippen molar-refractivity contribution in [2.24, 2.45) is 5.92 Å². The average molecular weight is 218 g/mol. The van der Waals surface area contributed by atoms with Gasteiger partial charge in [-0.2, -0.15) is 10.4 Å². The smallest absolute Gasteiger partial charge is 0.169 e. The highest BCUT2D eigenvalue weighted by Gasteiger charge is 2.26. The summed E-state index contributed by atoms with van der Waals surface area (Å²) in [4.78, 5) is 2.02. The number of aromatic nitrogens is 2. The third-order valence-electron chi connectivity index (χ3n) is 2.98. The zero-order valence-electron chi connectivity index (χ0n) is 9.17. The molecular formula is C11H14N4O. The molecule has 1 N–H and O–H groups in total. The Labute approximate surface area is 94.3 Å². The van der Waals surface area contributed by atoms with Gasteiger partial charge in [0.2, 0.25) is 0 Å². The number of hydrogen-bond donors (Lipinski definition) is 1. The van der Waals surface area contributed by atoms with Gasteiger partial charge in [0.05, 0.1) is 17.9 Å². The lowest BCUT2D eigenvalue weighted by Crippen LogP contribution is -2.42. The van der Waals surface area contributed by atoms with Crippen LogP contribution in [0.25, 0.3) is 0 Å². The summed E-state index contributed by atoms with van der Waals surface area (Å²) in [5.74, 6) is 0.825. The van der Waals surface area contributed by atoms with Crippen molar-refractivity contribution in [2.75, 3.05) is 18.0 Å². The molecule has 0 radical (unpaired) electrons. The van der Waals surface area contributed by atoms with Gasteiger partial charge in [-0.05, 0) is 18.4 Å². The van der Waals surface area contributed by atoms with Gasteiger partial charge in [-0.1, -0.05) is 6.92 Å². The Morgan fingerprint density at radius 2 is 2.44 bits per heavy atom. The largest absolute Gasteiger partial charge is 0.393 e. The van der Waals surface area contributed by atoms with E-state index < -0.39 is 0 Å². The molecule has 2 heterocycles. The Morgan fingerprint density at radius 3 is 3.12 bits per heavy atom. The Kier molecular flexibility index (Phi) is 3.02. The van der Waals surface area contributed by atoms with Crippen LogP contribution in [0.2, 0.25) is 0 Å². The average Bonchev–Trinajstić information content (AvgIpc) is 2.32. The van der Waals surface area contributed by atoms with Crippen LogP contribution in [0.1, 0.15) is 18.9 Å². The molecule has 5 nitrogen and oxygen atoms in total. The molecule has 1 saturated heterocycles. The number of nitrogens with zero attached hydrogens (tertiary/aromatic N) is 4. The summed E-state index contributed by atoms with van der Waals surface area (Å²) in [5.41, 5.74) is 0.540.